The van der Waals surface area contributed by atoms with E-state index in [4.69, 9.17) is 4.74 Å². The highest BCUT2D eigenvalue weighted by molar-refractivity contribution is 5.98. The minimum atomic E-state index is -0.0446. The lowest BCUT2D eigenvalue weighted by atomic mass is 10.0. The van der Waals surface area contributed by atoms with E-state index >= 15 is 0 Å². The zero-order valence-electron chi connectivity index (χ0n) is 16.2. The molecular weight excluding hydrogens is 382 g/mol. The fourth-order valence-electron chi connectivity index (χ4n) is 3.74. The average Bonchev–Trinajstić information content (AvgIpc) is 2.72. The van der Waals surface area contributed by atoms with E-state index in [0.29, 0.717) is 37.5 Å². The molecule has 0 aromatic heterocycles. The Bertz CT molecular complexity index is 695. The second-order valence-electron chi connectivity index (χ2n) is 7.05. The molecule has 28 heavy (non-hydrogen) atoms. The van der Waals surface area contributed by atoms with Gasteiger partial charge in [-0.15, -0.1) is 12.4 Å². The largest absolute Gasteiger partial charge is 0.497 e. The first-order chi connectivity index (χ1) is 13.1. The summed E-state index contributed by atoms with van der Waals surface area (Å²) in [6, 6.07) is 7.02. The number of nitrogens with one attached hydrogen (secondary N) is 1. The van der Waals surface area contributed by atoms with Crippen LogP contribution >= 0.6 is 12.4 Å². The van der Waals surface area contributed by atoms with Crippen LogP contribution in [0.3, 0.4) is 0 Å². The summed E-state index contributed by atoms with van der Waals surface area (Å²) in [6.07, 6.45) is 2.21. The van der Waals surface area contributed by atoms with E-state index in [9.17, 15) is 14.4 Å². The van der Waals surface area contributed by atoms with Crippen LogP contribution in [0.15, 0.2) is 24.3 Å². The number of nitrogens with zero attached hydrogens (tertiary/aromatic N) is 2. The second-order valence-corrected chi connectivity index (χ2v) is 7.05. The number of hydrogen-bond donors (Lipinski definition) is 1. The molecule has 3 rings (SSSR count). The predicted octanol–water partition coefficient (Wildman–Crippen LogP) is 1.50. The van der Waals surface area contributed by atoms with Crippen molar-refractivity contribution < 1.29 is 19.1 Å². The molecule has 1 unspecified atom stereocenters. The first kappa shape index (κ1) is 22.2. The molecule has 1 N–H and O–H groups in total. The van der Waals surface area contributed by atoms with Gasteiger partial charge >= 0.3 is 0 Å². The number of ether oxygens (including phenoxy) is 1. The number of rotatable bonds is 6. The molecule has 2 heterocycles. The number of methoxy groups -OCH3 is 1. The number of ketones is 1. The third-order valence-corrected chi connectivity index (χ3v) is 5.29. The summed E-state index contributed by atoms with van der Waals surface area (Å²) in [5, 5.41) is 3.08. The Labute approximate surface area is 171 Å². The predicted molar refractivity (Wildman–Crippen MR) is 108 cm³/mol. The van der Waals surface area contributed by atoms with Gasteiger partial charge in [0.25, 0.3) is 0 Å². The molecule has 0 radical (unpaired) electrons. The van der Waals surface area contributed by atoms with Crippen molar-refractivity contribution in [2.75, 3.05) is 39.8 Å². The molecule has 2 fully saturated rings. The number of carbonyl (C=O) groups excluding carboxylic acids is 3. The van der Waals surface area contributed by atoms with Gasteiger partial charge in [0.05, 0.1) is 13.7 Å². The fourth-order valence-corrected chi connectivity index (χ4v) is 3.74. The summed E-state index contributed by atoms with van der Waals surface area (Å²) in [7, 11) is 1.58. The lowest BCUT2D eigenvalue weighted by molar-refractivity contribution is -0.140. The first-order valence-electron chi connectivity index (χ1n) is 9.53. The van der Waals surface area contributed by atoms with Crippen molar-refractivity contribution in [3.05, 3.63) is 29.8 Å². The third-order valence-electron chi connectivity index (χ3n) is 5.29. The number of hydrogen-bond acceptors (Lipinski definition) is 5. The number of piperazine rings is 1. The molecule has 2 saturated heterocycles. The summed E-state index contributed by atoms with van der Waals surface area (Å²) in [5.74, 6) is 0.751. The minimum Gasteiger partial charge on any atom is -0.497 e. The highest BCUT2D eigenvalue weighted by Crippen LogP contribution is 2.19. The van der Waals surface area contributed by atoms with Crippen LogP contribution in [0.1, 0.15) is 36.0 Å². The van der Waals surface area contributed by atoms with Gasteiger partial charge in [-0.3, -0.25) is 14.4 Å². The van der Waals surface area contributed by atoms with Crippen LogP contribution in [0, 0.1) is 0 Å². The van der Waals surface area contributed by atoms with Gasteiger partial charge in [-0.05, 0) is 37.1 Å². The Kier molecular flexibility index (Phi) is 8.26. The summed E-state index contributed by atoms with van der Waals surface area (Å²) >= 11 is 0. The molecule has 1 atom stereocenters. The Morgan fingerprint density at radius 1 is 1.18 bits per heavy atom. The van der Waals surface area contributed by atoms with Crippen molar-refractivity contribution in [3.63, 3.8) is 0 Å². The van der Waals surface area contributed by atoms with E-state index in [-0.39, 0.29) is 48.9 Å². The van der Waals surface area contributed by atoms with E-state index in [2.05, 4.69) is 5.32 Å². The molecule has 1 aromatic carbocycles. The van der Waals surface area contributed by atoms with Crippen LogP contribution in [0.5, 0.6) is 5.75 Å². The first-order valence-corrected chi connectivity index (χ1v) is 9.53. The zero-order valence-corrected chi connectivity index (χ0v) is 17.0. The third kappa shape index (κ3) is 5.45. The molecule has 7 nitrogen and oxygen atoms in total. The van der Waals surface area contributed by atoms with E-state index in [1.165, 1.54) is 0 Å². The highest BCUT2D eigenvalue weighted by Gasteiger charge is 2.31. The molecule has 2 amide bonds. The standard InChI is InChI=1S/C20H27N3O4.ClH/c1-27-17-6-4-15(5-7-17)18(24)8-9-19(25)22-11-2-3-16(14-22)23-12-10-21-13-20(23)26;/h4-7,16,21H,2-3,8-14H2,1H3;1H. The highest BCUT2D eigenvalue weighted by atomic mass is 35.5. The summed E-state index contributed by atoms with van der Waals surface area (Å²) in [5.41, 5.74) is 0.589. The number of amides is 2. The molecule has 2 aliphatic rings. The molecule has 0 spiro atoms. The average molecular weight is 410 g/mol. The molecular formula is C20H28ClN3O4. The molecule has 0 saturated carbocycles. The van der Waals surface area contributed by atoms with E-state index in [1.54, 1.807) is 31.4 Å². The van der Waals surface area contributed by atoms with Crippen LogP contribution in [0.25, 0.3) is 0 Å². The van der Waals surface area contributed by atoms with Crippen molar-refractivity contribution in [1.29, 1.82) is 0 Å². The molecule has 8 heteroatoms. The topological polar surface area (TPSA) is 79.0 Å². The maximum atomic E-state index is 12.6. The monoisotopic (exact) mass is 409 g/mol. The van der Waals surface area contributed by atoms with Crippen molar-refractivity contribution in [2.24, 2.45) is 0 Å². The SMILES string of the molecule is COc1ccc(C(=O)CCC(=O)N2CCCC(N3CCNCC3=O)C2)cc1.Cl. The number of likely N-dealkylation sites (tertiary alicyclic amines) is 1. The lowest BCUT2D eigenvalue weighted by Gasteiger charge is -2.41. The molecule has 0 bridgehead atoms. The van der Waals surface area contributed by atoms with Crippen LogP contribution < -0.4 is 10.1 Å². The normalized spacial score (nSPS) is 19.8. The molecule has 154 valence electrons. The summed E-state index contributed by atoms with van der Waals surface area (Å²) < 4.78 is 5.09. The van der Waals surface area contributed by atoms with Crippen molar-refractivity contribution >= 4 is 30.0 Å². The Hall–Kier alpha value is -2.12. The van der Waals surface area contributed by atoms with Gasteiger partial charge < -0.3 is 19.9 Å². The van der Waals surface area contributed by atoms with Crippen LogP contribution in [0.2, 0.25) is 0 Å². The second kappa shape index (κ2) is 10.4. The number of piperidine rings is 1. The van der Waals surface area contributed by atoms with Gasteiger partial charge in [0.2, 0.25) is 11.8 Å². The maximum Gasteiger partial charge on any atom is 0.236 e. The Morgan fingerprint density at radius 3 is 2.61 bits per heavy atom. The van der Waals surface area contributed by atoms with E-state index in [1.807, 2.05) is 9.80 Å². The van der Waals surface area contributed by atoms with Crippen LogP contribution in [-0.4, -0.2) is 73.3 Å². The quantitative estimate of drug-likeness (QED) is 0.720. The number of Topliss-reactive ketones (excluding diaryl/α,β-unsaturated/α-hetero) is 1. The van der Waals surface area contributed by atoms with E-state index in [0.717, 1.165) is 19.4 Å². The number of halogens is 1. The molecule has 2 aliphatic heterocycles. The van der Waals surface area contributed by atoms with Gasteiger partial charge in [-0.1, -0.05) is 0 Å². The Balaban J connectivity index is 0.00000280. The molecule has 1 aromatic rings. The molecule has 0 aliphatic carbocycles. The maximum absolute atomic E-state index is 12.6. The van der Waals surface area contributed by atoms with Gasteiger partial charge in [0, 0.05) is 50.6 Å². The lowest BCUT2D eigenvalue weighted by Crippen LogP contribution is -2.57. The number of carbonyl (C=O) groups is 3. The Morgan fingerprint density at radius 2 is 1.93 bits per heavy atom. The smallest absolute Gasteiger partial charge is 0.236 e. The fraction of sp³-hybridized carbons (Fsp3) is 0.550. The van der Waals surface area contributed by atoms with Gasteiger partial charge in [0.15, 0.2) is 5.78 Å². The van der Waals surface area contributed by atoms with Crippen molar-refractivity contribution in [3.8, 4) is 5.75 Å². The van der Waals surface area contributed by atoms with Gasteiger partial charge in [-0.25, -0.2) is 0 Å². The van der Waals surface area contributed by atoms with Crippen molar-refractivity contribution in [1.82, 2.24) is 15.1 Å². The number of benzene rings is 1. The minimum absolute atomic E-state index is 0. The van der Waals surface area contributed by atoms with Gasteiger partial charge in [0.1, 0.15) is 5.75 Å². The summed E-state index contributed by atoms with van der Waals surface area (Å²) in [4.78, 5) is 40.7. The van der Waals surface area contributed by atoms with E-state index < -0.39 is 0 Å². The van der Waals surface area contributed by atoms with Crippen molar-refractivity contribution in [2.45, 2.75) is 31.7 Å². The summed E-state index contributed by atoms with van der Waals surface area (Å²) in [6.45, 7) is 3.14. The van der Waals surface area contributed by atoms with Crippen LogP contribution in [0.4, 0.5) is 0 Å². The van der Waals surface area contributed by atoms with Crippen LogP contribution in [-0.2, 0) is 9.59 Å². The van der Waals surface area contributed by atoms with Gasteiger partial charge in [-0.2, -0.15) is 0 Å². The zero-order chi connectivity index (χ0) is 19.2.